The van der Waals surface area contributed by atoms with Crippen molar-refractivity contribution in [2.24, 2.45) is 0 Å². The lowest BCUT2D eigenvalue weighted by molar-refractivity contribution is -0.0685. The smallest absolute Gasteiger partial charge is 0.330 e. The second-order valence-electron chi connectivity index (χ2n) is 8.52. The van der Waals surface area contributed by atoms with Gasteiger partial charge in [-0.05, 0) is 29.7 Å². The van der Waals surface area contributed by atoms with E-state index in [9.17, 15) is 9.59 Å². The summed E-state index contributed by atoms with van der Waals surface area (Å²) >= 11 is 0. The molecule has 5 rings (SSSR count). The molecule has 0 fully saturated rings. The van der Waals surface area contributed by atoms with E-state index in [2.05, 4.69) is 41.4 Å². The van der Waals surface area contributed by atoms with Gasteiger partial charge in [-0.1, -0.05) is 97.1 Å². The maximum atomic E-state index is 12.3. The molecule has 2 atom stereocenters. The van der Waals surface area contributed by atoms with E-state index in [4.69, 9.17) is 9.47 Å². The van der Waals surface area contributed by atoms with Crippen LogP contribution >= 0.6 is 0 Å². The number of hydrogen-bond acceptors (Lipinski definition) is 4. The summed E-state index contributed by atoms with van der Waals surface area (Å²) in [5.74, 6) is 0. The Labute approximate surface area is 203 Å². The Morgan fingerprint density at radius 2 is 1.34 bits per heavy atom. The van der Waals surface area contributed by atoms with Crippen LogP contribution in [0, 0.1) is 6.92 Å². The monoisotopic (exact) mass is 466 g/mol. The first kappa shape index (κ1) is 22.8. The minimum absolute atomic E-state index is 0.253. The fourth-order valence-electron chi connectivity index (χ4n) is 4.49. The summed E-state index contributed by atoms with van der Waals surface area (Å²) in [5, 5.41) is 0. The fourth-order valence-corrected chi connectivity index (χ4v) is 4.49. The highest BCUT2D eigenvalue weighted by atomic mass is 16.6. The SMILES string of the molecule is Cc1cn([C@H]2C=C[C@@H](COC(c3ccccc3)(c3ccccc3)c3ccccc3)O2)c(=O)[nH]c1=O. The van der Waals surface area contributed by atoms with E-state index >= 15 is 0 Å². The third kappa shape index (κ3) is 4.41. The molecule has 0 saturated heterocycles. The molecule has 1 aliphatic heterocycles. The van der Waals surface area contributed by atoms with Crippen molar-refractivity contribution in [2.75, 3.05) is 6.61 Å². The van der Waals surface area contributed by atoms with Crippen molar-refractivity contribution in [3.05, 3.63) is 152 Å². The summed E-state index contributed by atoms with van der Waals surface area (Å²) in [6, 6.07) is 30.4. The minimum Gasteiger partial charge on any atom is -0.358 e. The Morgan fingerprint density at radius 1 is 0.829 bits per heavy atom. The van der Waals surface area contributed by atoms with E-state index in [1.807, 2.05) is 66.7 Å². The van der Waals surface area contributed by atoms with Gasteiger partial charge in [-0.15, -0.1) is 0 Å². The van der Waals surface area contributed by atoms with Gasteiger partial charge in [0.25, 0.3) is 5.56 Å². The quantitative estimate of drug-likeness (QED) is 0.325. The van der Waals surface area contributed by atoms with Gasteiger partial charge >= 0.3 is 5.69 Å². The van der Waals surface area contributed by atoms with Crippen LogP contribution in [0.2, 0.25) is 0 Å². The third-order valence-corrected chi connectivity index (χ3v) is 6.23. The van der Waals surface area contributed by atoms with Crippen LogP contribution in [-0.4, -0.2) is 22.3 Å². The average molecular weight is 467 g/mol. The van der Waals surface area contributed by atoms with Gasteiger partial charge in [-0.25, -0.2) is 4.79 Å². The van der Waals surface area contributed by atoms with E-state index in [1.165, 1.54) is 10.8 Å². The first-order valence-electron chi connectivity index (χ1n) is 11.5. The molecule has 0 saturated carbocycles. The number of H-pyrrole nitrogens is 1. The molecule has 6 heteroatoms. The molecular formula is C29H26N2O4. The molecule has 2 heterocycles. The van der Waals surface area contributed by atoms with Gasteiger partial charge < -0.3 is 9.47 Å². The molecule has 0 unspecified atom stereocenters. The number of benzene rings is 3. The second-order valence-corrected chi connectivity index (χ2v) is 8.52. The predicted octanol–water partition coefficient (Wildman–Crippen LogP) is 4.31. The molecule has 0 bridgehead atoms. The lowest BCUT2D eigenvalue weighted by Gasteiger charge is -2.36. The summed E-state index contributed by atoms with van der Waals surface area (Å²) in [7, 11) is 0. The van der Waals surface area contributed by atoms with E-state index in [-0.39, 0.29) is 12.7 Å². The fraction of sp³-hybridized carbons (Fsp3) is 0.172. The highest BCUT2D eigenvalue weighted by Crippen LogP contribution is 2.41. The van der Waals surface area contributed by atoms with Crippen LogP contribution in [0.3, 0.4) is 0 Å². The number of hydrogen-bond donors (Lipinski definition) is 1. The van der Waals surface area contributed by atoms with Gasteiger partial charge in [0.2, 0.25) is 0 Å². The molecule has 0 spiro atoms. The standard InChI is InChI=1S/C29H26N2O4/c1-21-19-31(28(33)30-27(21)32)26-18-17-25(35-26)20-34-29(22-11-5-2-6-12-22,23-13-7-3-8-14-23)24-15-9-4-10-16-24/h2-19,25-26H,20H2,1H3,(H,30,32,33)/t25-,26+/m0/s1. The molecular weight excluding hydrogens is 440 g/mol. The van der Waals surface area contributed by atoms with E-state index in [0.717, 1.165) is 16.7 Å². The van der Waals surface area contributed by atoms with Crippen LogP contribution in [0.25, 0.3) is 0 Å². The van der Waals surface area contributed by atoms with Crippen molar-refractivity contribution in [3.63, 3.8) is 0 Å². The minimum atomic E-state index is -0.857. The van der Waals surface area contributed by atoms with Crippen molar-refractivity contribution in [3.8, 4) is 0 Å². The third-order valence-electron chi connectivity index (χ3n) is 6.23. The van der Waals surface area contributed by atoms with E-state index < -0.39 is 23.1 Å². The summed E-state index contributed by atoms with van der Waals surface area (Å²) in [6.45, 7) is 1.91. The topological polar surface area (TPSA) is 73.3 Å². The summed E-state index contributed by atoms with van der Waals surface area (Å²) in [5.41, 5.74) is 1.69. The van der Waals surface area contributed by atoms with Crippen LogP contribution in [0.5, 0.6) is 0 Å². The Kier molecular flexibility index (Phi) is 6.31. The molecule has 1 aliphatic rings. The molecule has 0 aliphatic carbocycles. The van der Waals surface area contributed by atoms with Gasteiger partial charge in [0.05, 0.1) is 6.61 Å². The van der Waals surface area contributed by atoms with Gasteiger partial charge in [0.1, 0.15) is 11.7 Å². The maximum Gasteiger partial charge on any atom is 0.330 e. The molecule has 0 radical (unpaired) electrons. The van der Waals surface area contributed by atoms with Crippen molar-refractivity contribution in [1.29, 1.82) is 0 Å². The van der Waals surface area contributed by atoms with Gasteiger partial charge in [0.15, 0.2) is 6.23 Å². The predicted molar refractivity (Wildman–Crippen MR) is 134 cm³/mol. The Hall–Kier alpha value is -4.00. The van der Waals surface area contributed by atoms with Crippen molar-refractivity contribution >= 4 is 0 Å². The van der Waals surface area contributed by atoms with Crippen molar-refractivity contribution in [2.45, 2.75) is 24.9 Å². The molecule has 1 N–H and O–H groups in total. The zero-order valence-electron chi connectivity index (χ0n) is 19.3. The number of ether oxygens (including phenoxy) is 2. The van der Waals surface area contributed by atoms with E-state index in [1.54, 1.807) is 6.92 Å². The first-order valence-corrected chi connectivity index (χ1v) is 11.5. The molecule has 3 aromatic carbocycles. The zero-order chi connectivity index (χ0) is 24.3. The summed E-state index contributed by atoms with van der Waals surface area (Å²) < 4.78 is 14.3. The van der Waals surface area contributed by atoms with E-state index in [0.29, 0.717) is 5.56 Å². The largest absolute Gasteiger partial charge is 0.358 e. The van der Waals surface area contributed by atoms with Crippen LogP contribution < -0.4 is 11.2 Å². The Bertz CT molecular complexity index is 1330. The van der Waals surface area contributed by atoms with Crippen molar-refractivity contribution < 1.29 is 9.47 Å². The Morgan fingerprint density at radius 3 is 1.86 bits per heavy atom. The first-order chi connectivity index (χ1) is 17.1. The van der Waals surface area contributed by atoms with Gasteiger partial charge in [-0.3, -0.25) is 14.3 Å². The van der Waals surface area contributed by atoms with Gasteiger partial charge in [0, 0.05) is 11.8 Å². The molecule has 4 aromatic rings. The van der Waals surface area contributed by atoms with Crippen LogP contribution in [0.15, 0.2) is 119 Å². The normalized spacial score (nSPS) is 17.5. The Balaban J connectivity index is 1.48. The number of rotatable bonds is 7. The number of nitrogens with zero attached hydrogens (tertiary/aromatic N) is 1. The zero-order valence-corrected chi connectivity index (χ0v) is 19.3. The highest BCUT2D eigenvalue weighted by Gasteiger charge is 2.38. The van der Waals surface area contributed by atoms with Crippen LogP contribution in [-0.2, 0) is 15.1 Å². The summed E-state index contributed by atoms with van der Waals surface area (Å²) in [4.78, 5) is 26.4. The average Bonchev–Trinajstić information content (AvgIpc) is 3.37. The van der Waals surface area contributed by atoms with Crippen molar-refractivity contribution in [1.82, 2.24) is 9.55 Å². The molecule has 35 heavy (non-hydrogen) atoms. The number of nitrogens with one attached hydrogen (secondary N) is 1. The number of aryl methyl sites for hydroxylation is 1. The maximum absolute atomic E-state index is 12.3. The lowest BCUT2D eigenvalue weighted by Crippen LogP contribution is -2.36. The van der Waals surface area contributed by atoms with Crippen LogP contribution in [0.4, 0.5) is 0 Å². The second kappa shape index (κ2) is 9.70. The van der Waals surface area contributed by atoms with Crippen LogP contribution in [0.1, 0.15) is 28.5 Å². The molecule has 1 aromatic heterocycles. The molecule has 0 amide bonds. The summed E-state index contributed by atoms with van der Waals surface area (Å²) in [6.07, 6.45) is 4.22. The number of aromatic amines is 1. The molecule has 6 nitrogen and oxygen atoms in total. The van der Waals surface area contributed by atoms with Gasteiger partial charge in [-0.2, -0.15) is 0 Å². The lowest BCUT2D eigenvalue weighted by atomic mass is 9.80. The number of aromatic nitrogens is 2. The highest BCUT2D eigenvalue weighted by molar-refractivity contribution is 5.47. The molecule has 176 valence electrons.